The zero-order valence-electron chi connectivity index (χ0n) is 6.62. The van der Waals surface area contributed by atoms with Gasteiger partial charge in [-0.1, -0.05) is 6.08 Å². The van der Waals surface area contributed by atoms with Gasteiger partial charge in [-0.25, -0.2) is 0 Å². The molecule has 1 heterocycles. The Morgan fingerprint density at radius 2 is 2.45 bits per heavy atom. The van der Waals surface area contributed by atoms with Gasteiger partial charge in [0, 0.05) is 6.54 Å². The third-order valence-electron chi connectivity index (χ3n) is 1.42. The van der Waals surface area contributed by atoms with E-state index in [2.05, 4.69) is 10.6 Å². The molecule has 3 nitrogen and oxygen atoms in total. The SMILES string of the molecule is C[C@@H](O)CNC1C=CC=CN1. The fourth-order valence-corrected chi connectivity index (χ4v) is 0.870. The molecular weight excluding hydrogens is 140 g/mol. The number of aliphatic hydroxyl groups excluding tert-OH is 1. The lowest BCUT2D eigenvalue weighted by molar-refractivity contribution is 0.187. The maximum absolute atomic E-state index is 8.95. The highest BCUT2D eigenvalue weighted by Gasteiger charge is 2.03. The van der Waals surface area contributed by atoms with Gasteiger partial charge in [-0.2, -0.15) is 0 Å². The fraction of sp³-hybridized carbons (Fsp3) is 0.500. The molecular formula is C8H14N2O. The van der Waals surface area contributed by atoms with Crippen LogP contribution < -0.4 is 10.6 Å². The Kier molecular flexibility index (Phi) is 3.14. The molecule has 1 rings (SSSR count). The lowest BCUT2D eigenvalue weighted by Gasteiger charge is -2.18. The van der Waals surface area contributed by atoms with E-state index in [1.165, 1.54) is 0 Å². The molecule has 1 aliphatic heterocycles. The summed E-state index contributed by atoms with van der Waals surface area (Å²) in [4.78, 5) is 0. The monoisotopic (exact) mass is 154 g/mol. The Balaban J connectivity index is 2.17. The van der Waals surface area contributed by atoms with Crippen molar-refractivity contribution in [2.75, 3.05) is 6.54 Å². The Labute approximate surface area is 66.8 Å². The van der Waals surface area contributed by atoms with Crippen LogP contribution in [0.5, 0.6) is 0 Å². The van der Waals surface area contributed by atoms with E-state index < -0.39 is 0 Å². The van der Waals surface area contributed by atoms with Crippen molar-refractivity contribution in [2.24, 2.45) is 0 Å². The quantitative estimate of drug-likeness (QED) is 0.534. The van der Waals surface area contributed by atoms with E-state index >= 15 is 0 Å². The first kappa shape index (κ1) is 8.30. The number of hydrogen-bond donors (Lipinski definition) is 3. The normalized spacial score (nSPS) is 24.7. The van der Waals surface area contributed by atoms with Crippen LogP contribution in [0.1, 0.15) is 6.92 Å². The molecule has 0 bridgehead atoms. The first-order valence-corrected chi connectivity index (χ1v) is 3.80. The molecule has 1 aliphatic rings. The average Bonchev–Trinajstić information content (AvgIpc) is 2.03. The molecule has 0 aliphatic carbocycles. The van der Waals surface area contributed by atoms with Crippen LogP contribution in [-0.2, 0) is 0 Å². The second kappa shape index (κ2) is 4.16. The molecule has 0 aromatic heterocycles. The van der Waals surface area contributed by atoms with Gasteiger partial charge in [0.15, 0.2) is 0 Å². The van der Waals surface area contributed by atoms with Gasteiger partial charge in [-0.05, 0) is 25.3 Å². The van der Waals surface area contributed by atoms with Crippen LogP contribution in [0.4, 0.5) is 0 Å². The summed E-state index contributed by atoms with van der Waals surface area (Å²) in [6, 6.07) is 0. The summed E-state index contributed by atoms with van der Waals surface area (Å²) < 4.78 is 0. The molecule has 0 radical (unpaired) electrons. The number of allylic oxidation sites excluding steroid dienone is 2. The van der Waals surface area contributed by atoms with E-state index in [1.807, 2.05) is 24.4 Å². The molecule has 0 aromatic carbocycles. The van der Waals surface area contributed by atoms with Crippen LogP contribution >= 0.6 is 0 Å². The minimum Gasteiger partial charge on any atom is -0.392 e. The largest absolute Gasteiger partial charge is 0.392 e. The van der Waals surface area contributed by atoms with Crippen molar-refractivity contribution in [2.45, 2.75) is 19.2 Å². The number of hydrogen-bond acceptors (Lipinski definition) is 3. The van der Waals surface area contributed by atoms with Crippen molar-refractivity contribution in [1.82, 2.24) is 10.6 Å². The third-order valence-corrected chi connectivity index (χ3v) is 1.42. The van der Waals surface area contributed by atoms with Gasteiger partial charge in [-0.15, -0.1) is 0 Å². The fourth-order valence-electron chi connectivity index (χ4n) is 0.870. The first-order chi connectivity index (χ1) is 5.29. The van der Waals surface area contributed by atoms with Crippen molar-refractivity contribution in [3.63, 3.8) is 0 Å². The minimum atomic E-state index is -0.295. The summed E-state index contributed by atoms with van der Waals surface area (Å²) in [6.07, 6.45) is 7.64. The molecule has 11 heavy (non-hydrogen) atoms. The van der Waals surface area contributed by atoms with E-state index in [9.17, 15) is 0 Å². The Morgan fingerprint density at radius 3 is 3.00 bits per heavy atom. The van der Waals surface area contributed by atoms with Gasteiger partial charge in [0.05, 0.1) is 12.3 Å². The van der Waals surface area contributed by atoms with Crippen LogP contribution in [0.25, 0.3) is 0 Å². The lowest BCUT2D eigenvalue weighted by Crippen LogP contribution is -2.41. The first-order valence-electron chi connectivity index (χ1n) is 3.80. The van der Waals surface area contributed by atoms with Crippen LogP contribution in [-0.4, -0.2) is 23.9 Å². The molecule has 2 atom stereocenters. The molecule has 0 amide bonds. The van der Waals surface area contributed by atoms with Crippen molar-refractivity contribution < 1.29 is 5.11 Å². The maximum atomic E-state index is 8.95. The predicted molar refractivity (Wildman–Crippen MR) is 44.9 cm³/mol. The smallest absolute Gasteiger partial charge is 0.0960 e. The summed E-state index contributed by atoms with van der Waals surface area (Å²) in [7, 11) is 0. The highest BCUT2D eigenvalue weighted by molar-refractivity contribution is 5.11. The topological polar surface area (TPSA) is 44.3 Å². The molecule has 0 spiro atoms. The van der Waals surface area contributed by atoms with Crippen molar-refractivity contribution in [1.29, 1.82) is 0 Å². The molecule has 0 fully saturated rings. The molecule has 62 valence electrons. The number of dihydropyridines is 1. The van der Waals surface area contributed by atoms with E-state index in [-0.39, 0.29) is 12.3 Å². The van der Waals surface area contributed by atoms with Gasteiger partial charge < -0.3 is 10.4 Å². The van der Waals surface area contributed by atoms with Crippen LogP contribution in [0.15, 0.2) is 24.4 Å². The van der Waals surface area contributed by atoms with Crippen molar-refractivity contribution in [3.05, 3.63) is 24.4 Å². The van der Waals surface area contributed by atoms with E-state index in [4.69, 9.17) is 5.11 Å². The Bertz CT molecular complexity index is 163. The third kappa shape index (κ3) is 3.20. The average molecular weight is 154 g/mol. The summed E-state index contributed by atoms with van der Waals surface area (Å²) in [5.41, 5.74) is 0. The number of nitrogens with one attached hydrogen (secondary N) is 2. The highest BCUT2D eigenvalue weighted by Crippen LogP contribution is 1.90. The van der Waals surface area contributed by atoms with Gasteiger partial charge >= 0.3 is 0 Å². The summed E-state index contributed by atoms with van der Waals surface area (Å²) in [5, 5.41) is 15.2. The zero-order valence-corrected chi connectivity index (χ0v) is 6.62. The maximum Gasteiger partial charge on any atom is 0.0960 e. The van der Waals surface area contributed by atoms with Crippen molar-refractivity contribution in [3.8, 4) is 0 Å². The molecule has 0 aromatic rings. The Morgan fingerprint density at radius 1 is 1.64 bits per heavy atom. The van der Waals surface area contributed by atoms with Gasteiger partial charge in [0.2, 0.25) is 0 Å². The lowest BCUT2D eigenvalue weighted by atomic mass is 10.3. The van der Waals surface area contributed by atoms with Crippen LogP contribution in [0.2, 0.25) is 0 Å². The van der Waals surface area contributed by atoms with Crippen LogP contribution in [0, 0.1) is 0 Å². The van der Waals surface area contributed by atoms with E-state index in [0.717, 1.165) is 0 Å². The highest BCUT2D eigenvalue weighted by atomic mass is 16.3. The second-order valence-corrected chi connectivity index (χ2v) is 2.65. The molecule has 1 unspecified atom stereocenters. The zero-order chi connectivity index (χ0) is 8.10. The summed E-state index contributed by atoms with van der Waals surface area (Å²) >= 11 is 0. The minimum absolute atomic E-state index is 0.162. The van der Waals surface area contributed by atoms with Gasteiger partial charge in [0.1, 0.15) is 0 Å². The van der Waals surface area contributed by atoms with Gasteiger partial charge in [-0.3, -0.25) is 5.32 Å². The van der Waals surface area contributed by atoms with Gasteiger partial charge in [0.25, 0.3) is 0 Å². The number of aliphatic hydroxyl groups is 1. The van der Waals surface area contributed by atoms with Crippen LogP contribution in [0.3, 0.4) is 0 Å². The standard InChI is InChI=1S/C8H14N2O/c1-7(11)6-10-8-4-2-3-5-9-8/h2-5,7-11H,6H2,1H3/t7-,8?/m1/s1. The number of rotatable bonds is 3. The molecule has 0 saturated carbocycles. The van der Waals surface area contributed by atoms with Crippen molar-refractivity contribution >= 4 is 0 Å². The second-order valence-electron chi connectivity index (χ2n) is 2.65. The summed E-state index contributed by atoms with van der Waals surface area (Å²) in [6.45, 7) is 2.37. The molecule has 3 N–H and O–H groups in total. The Hall–Kier alpha value is -0.800. The molecule has 0 saturated heterocycles. The predicted octanol–water partition coefficient (Wildman–Crippen LogP) is -0.0440. The van der Waals surface area contributed by atoms with E-state index in [1.54, 1.807) is 6.92 Å². The van der Waals surface area contributed by atoms with E-state index in [0.29, 0.717) is 6.54 Å². The molecule has 3 heteroatoms. The summed E-state index contributed by atoms with van der Waals surface area (Å²) in [5.74, 6) is 0.